The van der Waals surface area contributed by atoms with Crippen molar-refractivity contribution in [3.05, 3.63) is 26.6 Å². The van der Waals surface area contributed by atoms with Crippen molar-refractivity contribution in [3.8, 4) is 5.75 Å². The lowest BCUT2D eigenvalue weighted by molar-refractivity contribution is -0.130. The van der Waals surface area contributed by atoms with Crippen molar-refractivity contribution in [1.29, 1.82) is 0 Å². The van der Waals surface area contributed by atoms with E-state index in [9.17, 15) is 4.79 Å². The van der Waals surface area contributed by atoms with Gasteiger partial charge in [0.1, 0.15) is 5.75 Å². The van der Waals surface area contributed by atoms with Gasteiger partial charge in [-0.05, 0) is 67.8 Å². The quantitative estimate of drug-likeness (QED) is 0.547. The smallest absolute Gasteiger partial charge is 0.222 e. The molecule has 25 heavy (non-hydrogen) atoms. The first-order chi connectivity index (χ1) is 11.7. The molecule has 0 aromatic heterocycles. The molecule has 0 spiro atoms. The van der Waals surface area contributed by atoms with E-state index in [0.717, 1.165) is 27.7 Å². The zero-order valence-corrected chi connectivity index (χ0v) is 18.6. The minimum Gasteiger partial charge on any atom is -0.491 e. The third kappa shape index (κ3) is 5.69. The summed E-state index contributed by atoms with van der Waals surface area (Å²) in [7, 11) is 1.70. The zero-order chi connectivity index (χ0) is 18.6. The molecule has 6 heteroatoms. The third-order valence-electron chi connectivity index (χ3n) is 4.48. The molecule has 1 aliphatic rings. The first kappa shape index (κ1) is 20.7. The molecule has 1 aliphatic heterocycles. The van der Waals surface area contributed by atoms with E-state index in [1.807, 2.05) is 4.90 Å². The molecule has 0 bridgehead atoms. The Bertz CT molecular complexity index is 590. The summed E-state index contributed by atoms with van der Waals surface area (Å²) in [6.45, 7) is 8.56. The Kier molecular flexibility index (Phi) is 7.35. The molecular formula is C19H27Br2NO3. The van der Waals surface area contributed by atoms with Crippen molar-refractivity contribution >= 4 is 37.8 Å². The van der Waals surface area contributed by atoms with Crippen molar-refractivity contribution in [2.75, 3.05) is 26.8 Å². The number of likely N-dealkylation sites (tertiary alicyclic amines) is 1. The van der Waals surface area contributed by atoms with Gasteiger partial charge < -0.3 is 14.4 Å². The number of ether oxygens (including phenoxy) is 2. The molecule has 1 amide bonds. The van der Waals surface area contributed by atoms with Crippen molar-refractivity contribution in [2.45, 2.75) is 51.6 Å². The number of nitrogens with zero attached hydrogens (tertiary/aromatic N) is 1. The zero-order valence-electron chi connectivity index (χ0n) is 15.4. The second-order valence-electron chi connectivity index (χ2n) is 7.46. The number of benzene rings is 1. The molecule has 1 fully saturated rings. The molecular weight excluding hydrogens is 450 g/mol. The minimum atomic E-state index is 0.0752. The SMILES string of the molecule is COC1CCN(C(=O)CCCOc2c(Br)cc(C(C)(C)C)cc2Br)C1. The van der Waals surface area contributed by atoms with E-state index in [0.29, 0.717) is 26.0 Å². The van der Waals surface area contributed by atoms with E-state index in [2.05, 4.69) is 64.8 Å². The molecule has 1 aromatic rings. The van der Waals surface area contributed by atoms with E-state index >= 15 is 0 Å². The van der Waals surface area contributed by atoms with Crippen LogP contribution < -0.4 is 4.74 Å². The Labute approximate surface area is 167 Å². The highest BCUT2D eigenvalue weighted by Gasteiger charge is 2.25. The van der Waals surface area contributed by atoms with Crippen LogP contribution in [0.25, 0.3) is 0 Å². The molecule has 1 heterocycles. The first-order valence-electron chi connectivity index (χ1n) is 8.65. The van der Waals surface area contributed by atoms with Crippen molar-refractivity contribution < 1.29 is 14.3 Å². The summed E-state index contributed by atoms with van der Waals surface area (Å²) in [5.41, 5.74) is 1.31. The van der Waals surface area contributed by atoms with Crippen LogP contribution in [-0.4, -0.2) is 43.7 Å². The highest BCUT2D eigenvalue weighted by Crippen LogP contribution is 2.38. The van der Waals surface area contributed by atoms with Gasteiger partial charge in [0.15, 0.2) is 0 Å². The number of halogens is 2. The van der Waals surface area contributed by atoms with Crippen molar-refractivity contribution in [2.24, 2.45) is 0 Å². The van der Waals surface area contributed by atoms with Crippen LogP contribution in [0.2, 0.25) is 0 Å². The summed E-state index contributed by atoms with van der Waals surface area (Å²) >= 11 is 7.19. The minimum absolute atomic E-state index is 0.0752. The van der Waals surface area contributed by atoms with Gasteiger partial charge in [-0.15, -0.1) is 0 Å². The topological polar surface area (TPSA) is 38.8 Å². The van der Waals surface area contributed by atoms with Gasteiger partial charge in [0.2, 0.25) is 5.91 Å². The van der Waals surface area contributed by atoms with E-state index < -0.39 is 0 Å². The van der Waals surface area contributed by atoms with Gasteiger partial charge in [-0.3, -0.25) is 4.79 Å². The number of methoxy groups -OCH3 is 1. The monoisotopic (exact) mass is 475 g/mol. The lowest BCUT2D eigenvalue weighted by Gasteiger charge is -2.21. The van der Waals surface area contributed by atoms with E-state index in [1.165, 1.54) is 5.56 Å². The van der Waals surface area contributed by atoms with Crippen LogP contribution in [0.1, 0.15) is 45.6 Å². The van der Waals surface area contributed by atoms with Crippen LogP contribution >= 0.6 is 31.9 Å². The van der Waals surface area contributed by atoms with Crippen LogP contribution in [0.5, 0.6) is 5.75 Å². The highest BCUT2D eigenvalue weighted by atomic mass is 79.9. The molecule has 1 saturated heterocycles. The van der Waals surface area contributed by atoms with Crippen LogP contribution in [-0.2, 0) is 14.9 Å². The lowest BCUT2D eigenvalue weighted by atomic mass is 9.87. The summed E-state index contributed by atoms with van der Waals surface area (Å²) in [4.78, 5) is 14.1. The number of hydrogen-bond acceptors (Lipinski definition) is 3. The van der Waals surface area contributed by atoms with Gasteiger partial charge in [0.25, 0.3) is 0 Å². The fraction of sp³-hybridized carbons (Fsp3) is 0.632. The molecule has 0 N–H and O–H groups in total. The highest BCUT2D eigenvalue weighted by molar-refractivity contribution is 9.11. The molecule has 4 nitrogen and oxygen atoms in total. The van der Waals surface area contributed by atoms with E-state index in [4.69, 9.17) is 9.47 Å². The molecule has 0 saturated carbocycles. The van der Waals surface area contributed by atoms with Crippen LogP contribution in [0, 0.1) is 0 Å². The predicted octanol–water partition coefficient (Wildman–Crippen LogP) is 4.92. The maximum Gasteiger partial charge on any atom is 0.222 e. The van der Waals surface area contributed by atoms with Gasteiger partial charge in [0, 0.05) is 26.6 Å². The average Bonchev–Trinajstić information content (AvgIpc) is 3.01. The Morgan fingerprint density at radius 1 is 1.28 bits per heavy atom. The summed E-state index contributed by atoms with van der Waals surface area (Å²) in [5, 5.41) is 0. The van der Waals surface area contributed by atoms with Crippen LogP contribution in [0.4, 0.5) is 0 Å². The summed E-state index contributed by atoms with van der Waals surface area (Å²) < 4.78 is 13.1. The molecule has 0 aliphatic carbocycles. The molecule has 140 valence electrons. The van der Waals surface area contributed by atoms with Gasteiger partial charge >= 0.3 is 0 Å². The van der Waals surface area contributed by atoms with Crippen molar-refractivity contribution in [1.82, 2.24) is 4.90 Å². The fourth-order valence-corrected chi connectivity index (χ4v) is 4.25. The second-order valence-corrected chi connectivity index (χ2v) is 9.17. The molecule has 0 radical (unpaired) electrons. The largest absolute Gasteiger partial charge is 0.491 e. The van der Waals surface area contributed by atoms with Crippen LogP contribution in [0.3, 0.4) is 0 Å². The Hall–Kier alpha value is -0.590. The van der Waals surface area contributed by atoms with E-state index in [-0.39, 0.29) is 17.4 Å². The Balaban J connectivity index is 1.83. The van der Waals surface area contributed by atoms with Gasteiger partial charge in [-0.25, -0.2) is 0 Å². The molecule has 2 rings (SSSR count). The first-order valence-corrected chi connectivity index (χ1v) is 10.2. The normalized spacial score (nSPS) is 17.8. The fourth-order valence-electron chi connectivity index (χ4n) is 2.83. The number of carbonyl (C=O) groups excluding carboxylic acids is 1. The van der Waals surface area contributed by atoms with Gasteiger partial charge in [0.05, 0.1) is 21.7 Å². The number of hydrogen-bond donors (Lipinski definition) is 0. The molecule has 1 atom stereocenters. The molecule has 1 aromatic carbocycles. The Morgan fingerprint density at radius 2 is 1.92 bits per heavy atom. The van der Waals surface area contributed by atoms with Crippen LogP contribution in [0.15, 0.2) is 21.1 Å². The summed E-state index contributed by atoms with van der Waals surface area (Å²) in [6.07, 6.45) is 2.32. The third-order valence-corrected chi connectivity index (χ3v) is 5.65. The van der Waals surface area contributed by atoms with Gasteiger partial charge in [-0.1, -0.05) is 20.8 Å². The lowest BCUT2D eigenvalue weighted by Crippen LogP contribution is -2.30. The van der Waals surface area contributed by atoms with Gasteiger partial charge in [-0.2, -0.15) is 0 Å². The number of rotatable bonds is 6. The number of amides is 1. The molecule has 1 unspecified atom stereocenters. The maximum absolute atomic E-state index is 12.2. The second kappa shape index (κ2) is 8.87. The summed E-state index contributed by atoms with van der Waals surface area (Å²) in [5.74, 6) is 0.977. The Morgan fingerprint density at radius 3 is 2.44 bits per heavy atom. The predicted molar refractivity (Wildman–Crippen MR) is 107 cm³/mol. The van der Waals surface area contributed by atoms with Crippen molar-refractivity contribution in [3.63, 3.8) is 0 Å². The average molecular weight is 477 g/mol. The summed E-state index contributed by atoms with van der Waals surface area (Å²) in [6, 6.07) is 4.20. The standard InChI is InChI=1S/C19H27Br2NO3/c1-19(2,3)13-10-15(20)18(16(21)11-13)25-9-5-6-17(23)22-8-7-14(12-22)24-4/h10-11,14H,5-9,12H2,1-4H3. The number of carbonyl (C=O) groups is 1. The maximum atomic E-state index is 12.2. The van der Waals surface area contributed by atoms with E-state index in [1.54, 1.807) is 7.11 Å².